The molecular weight excluding hydrogens is 221 g/mol. The van der Waals surface area contributed by atoms with Crippen LogP contribution in [0.3, 0.4) is 0 Å². The molecule has 1 aliphatic carbocycles. The normalized spacial score (nSPS) is 22.2. The third kappa shape index (κ3) is 2.49. The van der Waals surface area contributed by atoms with Crippen LogP contribution in [0.1, 0.15) is 23.7 Å². The molecule has 0 radical (unpaired) electrons. The predicted molar refractivity (Wildman–Crippen MR) is 65.1 cm³/mol. The van der Waals surface area contributed by atoms with Crippen LogP contribution in [0.5, 0.6) is 0 Å². The van der Waals surface area contributed by atoms with E-state index in [0.717, 1.165) is 12.5 Å². The number of hydrogen-bond donors (Lipinski definition) is 3. The van der Waals surface area contributed by atoms with Crippen molar-refractivity contribution in [3.8, 4) is 0 Å². The van der Waals surface area contributed by atoms with Crippen LogP contribution < -0.4 is 16.8 Å². The van der Waals surface area contributed by atoms with Gasteiger partial charge in [0.15, 0.2) is 0 Å². The number of anilines is 2. The van der Waals surface area contributed by atoms with Gasteiger partial charge in [0.05, 0.1) is 11.3 Å². The van der Waals surface area contributed by atoms with Gasteiger partial charge in [-0.2, -0.15) is 0 Å². The number of nitrogens with two attached hydrogens (primary N) is 2. The van der Waals surface area contributed by atoms with Crippen LogP contribution >= 0.6 is 0 Å². The Morgan fingerprint density at radius 2 is 2.24 bits per heavy atom. The summed E-state index contributed by atoms with van der Waals surface area (Å²) >= 11 is 0. The first kappa shape index (κ1) is 11.7. The average Bonchev–Trinajstić information content (AvgIpc) is 2.93. The Morgan fingerprint density at radius 1 is 1.59 bits per heavy atom. The van der Waals surface area contributed by atoms with Crippen molar-refractivity contribution in [3.63, 3.8) is 0 Å². The number of primary amides is 1. The summed E-state index contributed by atoms with van der Waals surface area (Å²) < 4.78 is 13.6. The lowest BCUT2D eigenvalue weighted by molar-refractivity contribution is 0.100. The van der Waals surface area contributed by atoms with E-state index in [1.54, 1.807) is 0 Å². The number of hydrogen-bond acceptors (Lipinski definition) is 3. The minimum atomic E-state index is -0.648. The van der Waals surface area contributed by atoms with Crippen molar-refractivity contribution in [2.24, 2.45) is 17.6 Å². The zero-order valence-corrected chi connectivity index (χ0v) is 9.66. The summed E-state index contributed by atoms with van der Waals surface area (Å²) in [5, 5.41) is 2.99. The number of benzene rings is 1. The highest BCUT2D eigenvalue weighted by Crippen LogP contribution is 2.37. The highest BCUT2D eigenvalue weighted by Gasteiger charge is 2.32. The van der Waals surface area contributed by atoms with Gasteiger partial charge in [0.25, 0.3) is 5.91 Å². The molecule has 0 aromatic heterocycles. The van der Waals surface area contributed by atoms with Gasteiger partial charge >= 0.3 is 0 Å². The predicted octanol–water partition coefficient (Wildman–Crippen LogP) is 1.57. The monoisotopic (exact) mass is 237 g/mol. The number of rotatable bonds is 4. The van der Waals surface area contributed by atoms with Crippen LogP contribution in [0.25, 0.3) is 0 Å². The maximum absolute atomic E-state index is 13.6. The van der Waals surface area contributed by atoms with Crippen LogP contribution in [0.4, 0.5) is 15.8 Å². The molecule has 0 saturated heterocycles. The highest BCUT2D eigenvalue weighted by atomic mass is 19.1. The molecular formula is C12H16FN3O. The Labute approximate surface area is 99.2 Å². The van der Waals surface area contributed by atoms with Crippen LogP contribution in [0.15, 0.2) is 12.1 Å². The molecule has 1 amide bonds. The fourth-order valence-electron chi connectivity index (χ4n) is 1.86. The van der Waals surface area contributed by atoms with Gasteiger partial charge in [-0.05, 0) is 30.4 Å². The lowest BCUT2D eigenvalue weighted by Crippen LogP contribution is -2.15. The zero-order valence-electron chi connectivity index (χ0n) is 9.66. The van der Waals surface area contributed by atoms with E-state index >= 15 is 0 Å². The first-order chi connectivity index (χ1) is 7.99. The van der Waals surface area contributed by atoms with E-state index in [4.69, 9.17) is 11.5 Å². The Bertz CT molecular complexity index is 461. The molecule has 4 nitrogen and oxygen atoms in total. The smallest absolute Gasteiger partial charge is 0.250 e. The Balaban J connectivity index is 2.15. The van der Waals surface area contributed by atoms with Crippen molar-refractivity contribution >= 4 is 17.3 Å². The number of nitrogens with one attached hydrogen (secondary N) is 1. The summed E-state index contributed by atoms with van der Waals surface area (Å²) in [6, 6.07) is 2.50. The molecule has 5 N–H and O–H groups in total. The van der Waals surface area contributed by atoms with E-state index in [1.807, 2.05) is 0 Å². The molecule has 1 aromatic rings. The van der Waals surface area contributed by atoms with E-state index < -0.39 is 11.7 Å². The molecule has 1 fully saturated rings. The van der Waals surface area contributed by atoms with Gasteiger partial charge < -0.3 is 16.8 Å². The minimum Gasteiger partial charge on any atom is -0.398 e. The minimum absolute atomic E-state index is 0.0698. The summed E-state index contributed by atoms with van der Waals surface area (Å²) in [6.45, 7) is 2.86. The summed E-state index contributed by atoms with van der Waals surface area (Å²) in [5.41, 5.74) is 11.2. The number of carbonyl (C=O) groups is 1. The number of amides is 1. The quantitative estimate of drug-likeness (QED) is 0.695. The lowest BCUT2D eigenvalue weighted by atomic mass is 10.1. The molecule has 2 atom stereocenters. The molecule has 1 saturated carbocycles. The van der Waals surface area contributed by atoms with Gasteiger partial charge in [-0.25, -0.2) is 4.39 Å². The third-order valence-electron chi connectivity index (χ3n) is 3.24. The largest absolute Gasteiger partial charge is 0.398 e. The molecule has 0 bridgehead atoms. The molecule has 2 rings (SSSR count). The number of nitrogen functional groups attached to an aromatic ring is 1. The molecule has 92 valence electrons. The second-order valence-corrected chi connectivity index (χ2v) is 4.64. The fraction of sp³-hybridized carbons (Fsp3) is 0.417. The van der Waals surface area contributed by atoms with E-state index in [-0.39, 0.29) is 16.9 Å². The molecule has 17 heavy (non-hydrogen) atoms. The first-order valence-corrected chi connectivity index (χ1v) is 5.61. The van der Waals surface area contributed by atoms with Gasteiger partial charge in [-0.15, -0.1) is 0 Å². The van der Waals surface area contributed by atoms with Crippen molar-refractivity contribution in [3.05, 3.63) is 23.5 Å². The summed E-state index contributed by atoms with van der Waals surface area (Å²) in [7, 11) is 0. The van der Waals surface area contributed by atoms with Gasteiger partial charge in [-0.3, -0.25) is 4.79 Å². The maximum atomic E-state index is 13.6. The summed E-state index contributed by atoms with van der Waals surface area (Å²) in [5.74, 6) is 0.171. The van der Waals surface area contributed by atoms with E-state index in [0.29, 0.717) is 18.4 Å². The topological polar surface area (TPSA) is 81.1 Å². The molecule has 1 aromatic carbocycles. The van der Waals surface area contributed by atoms with E-state index in [9.17, 15) is 9.18 Å². The average molecular weight is 237 g/mol. The standard InChI is InChI=1S/C12H16FN3O/c1-6-2-7(6)5-16-11-3-8(12(15)17)10(14)4-9(11)13/h3-4,6-7,16H,2,5,14H2,1H3,(H2,15,17). The molecule has 1 aliphatic rings. The van der Waals surface area contributed by atoms with Crippen molar-refractivity contribution in [2.75, 3.05) is 17.6 Å². The summed E-state index contributed by atoms with van der Waals surface area (Å²) in [6.07, 6.45) is 1.16. The van der Waals surface area contributed by atoms with Crippen molar-refractivity contribution in [2.45, 2.75) is 13.3 Å². The van der Waals surface area contributed by atoms with Crippen LogP contribution in [0.2, 0.25) is 0 Å². The molecule has 5 heteroatoms. The van der Waals surface area contributed by atoms with Crippen LogP contribution in [0, 0.1) is 17.7 Å². The Morgan fingerprint density at radius 3 is 2.76 bits per heavy atom. The molecule has 0 aliphatic heterocycles. The van der Waals surface area contributed by atoms with Gasteiger partial charge in [0.1, 0.15) is 5.82 Å². The van der Waals surface area contributed by atoms with Gasteiger partial charge in [-0.1, -0.05) is 6.92 Å². The lowest BCUT2D eigenvalue weighted by Gasteiger charge is -2.10. The number of carbonyl (C=O) groups excluding carboxylic acids is 1. The van der Waals surface area contributed by atoms with Crippen molar-refractivity contribution in [1.82, 2.24) is 0 Å². The first-order valence-electron chi connectivity index (χ1n) is 5.61. The Hall–Kier alpha value is -1.78. The fourth-order valence-corrected chi connectivity index (χ4v) is 1.86. The van der Waals surface area contributed by atoms with Crippen molar-refractivity contribution < 1.29 is 9.18 Å². The zero-order chi connectivity index (χ0) is 12.6. The van der Waals surface area contributed by atoms with Crippen molar-refractivity contribution in [1.29, 1.82) is 0 Å². The summed E-state index contributed by atoms with van der Waals surface area (Å²) in [4.78, 5) is 11.1. The van der Waals surface area contributed by atoms with E-state index in [2.05, 4.69) is 12.2 Å². The number of halogens is 1. The third-order valence-corrected chi connectivity index (χ3v) is 3.24. The molecule has 2 unspecified atom stereocenters. The molecule has 0 spiro atoms. The van der Waals surface area contributed by atoms with Gasteiger partial charge in [0.2, 0.25) is 0 Å². The van der Waals surface area contributed by atoms with Gasteiger partial charge in [0, 0.05) is 12.2 Å². The second-order valence-electron chi connectivity index (χ2n) is 4.64. The van der Waals surface area contributed by atoms with Crippen LogP contribution in [-0.4, -0.2) is 12.5 Å². The van der Waals surface area contributed by atoms with E-state index in [1.165, 1.54) is 6.07 Å². The molecule has 0 heterocycles. The second kappa shape index (κ2) is 4.24. The Kier molecular flexibility index (Phi) is 2.92. The maximum Gasteiger partial charge on any atom is 0.250 e. The highest BCUT2D eigenvalue weighted by molar-refractivity contribution is 5.99. The SMILES string of the molecule is CC1CC1CNc1cc(C(N)=O)c(N)cc1F. The van der Waals surface area contributed by atoms with Crippen LogP contribution in [-0.2, 0) is 0 Å².